The van der Waals surface area contributed by atoms with Crippen LogP contribution in [0.2, 0.25) is 0 Å². The number of hydrogen-bond donors (Lipinski definition) is 2. The molecule has 3 N–H and O–H groups in total. The molecule has 12 heteroatoms. The monoisotopic (exact) mass is 366 g/mol. The summed E-state index contributed by atoms with van der Waals surface area (Å²) in [5.41, 5.74) is 0. The minimum absolute atomic E-state index is 0.262. The molecule has 0 aromatic heterocycles. The Labute approximate surface area is 138 Å². The summed E-state index contributed by atoms with van der Waals surface area (Å²) in [7, 11) is -4.21. The Kier molecular flexibility index (Phi) is 6.83. The summed E-state index contributed by atoms with van der Waals surface area (Å²) in [5.74, 6) is -2.31. The molecule has 1 aliphatic heterocycles. The van der Waals surface area contributed by atoms with Crippen molar-refractivity contribution in [1.82, 2.24) is 4.72 Å². The third kappa shape index (κ3) is 7.04. The van der Waals surface area contributed by atoms with Crippen LogP contribution in [0.5, 0.6) is 0 Å². The molecule has 1 aliphatic rings. The van der Waals surface area contributed by atoms with Crippen LogP contribution in [0.25, 0.3) is 0 Å². The number of hydrogen-bond acceptors (Lipinski definition) is 9. The molecule has 136 valence electrons. The Hall–Kier alpha value is -2.02. The zero-order valence-electron chi connectivity index (χ0n) is 13.2. The van der Waals surface area contributed by atoms with Crippen LogP contribution in [-0.2, 0) is 43.5 Å². The van der Waals surface area contributed by atoms with Gasteiger partial charge in [-0.05, 0) is 0 Å². The predicted molar refractivity (Wildman–Crippen MR) is 76.9 cm³/mol. The van der Waals surface area contributed by atoms with Gasteiger partial charge in [-0.3, -0.25) is 14.4 Å². The fourth-order valence-electron chi connectivity index (χ4n) is 1.80. The highest BCUT2D eigenvalue weighted by molar-refractivity contribution is 7.87. The normalized spacial score (nSPS) is 23.8. The van der Waals surface area contributed by atoms with Crippen LogP contribution in [0, 0.1) is 0 Å². The van der Waals surface area contributed by atoms with E-state index in [9.17, 15) is 22.8 Å². The van der Waals surface area contributed by atoms with Crippen molar-refractivity contribution in [2.45, 2.75) is 39.2 Å². The van der Waals surface area contributed by atoms with Crippen molar-refractivity contribution >= 4 is 28.1 Å². The number of rotatable bonds is 6. The van der Waals surface area contributed by atoms with Crippen molar-refractivity contribution in [2.24, 2.45) is 5.14 Å². The summed E-state index contributed by atoms with van der Waals surface area (Å²) in [5, 5.41) is 4.89. The van der Waals surface area contributed by atoms with E-state index in [0.717, 1.165) is 20.8 Å². The zero-order chi connectivity index (χ0) is 18.5. The van der Waals surface area contributed by atoms with E-state index in [0.29, 0.717) is 0 Å². The fraction of sp³-hybridized carbons (Fsp3) is 0.583. The Morgan fingerprint density at radius 1 is 1.21 bits per heavy atom. The first-order valence-corrected chi connectivity index (χ1v) is 8.19. The lowest BCUT2D eigenvalue weighted by Crippen LogP contribution is -2.51. The first-order chi connectivity index (χ1) is 11.0. The average molecular weight is 366 g/mol. The number of carbonyl (C=O) groups is 3. The lowest BCUT2D eigenvalue weighted by molar-refractivity contribution is -0.169. The molecular formula is C12H18N2O9S. The average Bonchev–Trinajstić information content (AvgIpc) is 2.37. The maximum atomic E-state index is 11.2. The van der Waals surface area contributed by atoms with Gasteiger partial charge in [-0.2, -0.15) is 13.1 Å². The van der Waals surface area contributed by atoms with E-state index in [2.05, 4.69) is 0 Å². The molecule has 0 bridgehead atoms. The molecule has 1 rings (SSSR count). The molecule has 3 atom stereocenters. The van der Waals surface area contributed by atoms with Crippen LogP contribution < -0.4 is 9.86 Å². The maximum Gasteiger partial charge on any atom is 0.307 e. The first-order valence-electron chi connectivity index (χ1n) is 6.64. The molecule has 0 spiro atoms. The number of carbonyl (C=O) groups excluding carboxylic acids is 3. The molecule has 3 unspecified atom stereocenters. The summed E-state index contributed by atoms with van der Waals surface area (Å²) in [6.45, 7) is 3.04. The first kappa shape index (κ1) is 20.0. The summed E-state index contributed by atoms with van der Waals surface area (Å²) < 4.78 is 44.3. The van der Waals surface area contributed by atoms with Gasteiger partial charge in [0.15, 0.2) is 18.1 Å². The fourth-order valence-corrected chi connectivity index (χ4v) is 2.27. The Balaban J connectivity index is 3.11. The third-order valence-corrected chi connectivity index (χ3v) is 3.09. The molecule has 0 aromatic carbocycles. The molecule has 0 aliphatic carbocycles. The second kappa shape index (κ2) is 8.19. The van der Waals surface area contributed by atoms with Gasteiger partial charge < -0.3 is 18.9 Å². The maximum absolute atomic E-state index is 11.2. The highest BCUT2D eigenvalue weighted by atomic mass is 32.2. The van der Waals surface area contributed by atoms with Crippen LogP contribution in [0.1, 0.15) is 20.8 Å². The number of nitrogens with one attached hydrogen (secondary N) is 1. The SMILES string of the molecule is CC(=O)OCC1OC(NS(N)(=O)=O)C(OC(C)=O)=CC1OC(C)=O. The van der Waals surface area contributed by atoms with Crippen molar-refractivity contribution in [2.75, 3.05) is 6.61 Å². The number of nitrogens with two attached hydrogens (primary N) is 1. The standard InChI is InChI=1S/C12H18N2O9S/c1-6(15)20-5-11-9(21-7(2)16)4-10(22-8(3)17)12(23-11)14-24(13,18)19/h4,9,11-12,14H,5H2,1-3H3,(H2,13,18,19). The van der Waals surface area contributed by atoms with Gasteiger partial charge in [-0.15, -0.1) is 0 Å². The van der Waals surface area contributed by atoms with Gasteiger partial charge in [-0.25, -0.2) is 5.14 Å². The number of ether oxygens (including phenoxy) is 4. The molecule has 0 amide bonds. The Bertz CT molecular complexity index is 643. The van der Waals surface area contributed by atoms with Crippen LogP contribution in [-0.4, -0.2) is 51.4 Å². The quantitative estimate of drug-likeness (QED) is 0.418. The van der Waals surface area contributed by atoms with Crippen LogP contribution >= 0.6 is 0 Å². The van der Waals surface area contributed by atoms with Crippen LogP contribution in [0.4, 0.5) is 0 Å². The third-order valence-electron chi connectivity index (χ3n) is 2.55. The molecule has 0 saturated heterocycles. The minimum Gasteiger partial charge on any atom is -0.463 e. The Morgan fingerprint density at radius 2 is 1.83 bits per heavy atom. The van der Waals surface area contributed by atoms with Gasteiger partial charge in [0.05, 0.1) is 0 Å². The zero-order valence-corrected chi connectivity index (χ0v) is 14.0. The number of esters is 3. The van der Waals surface area contributed by atoms with Gasteiger partial charge in [-0.1, -0.05) is 0 Å². The molecule has 11 nitrogen and oxygen atoms in total. The van der Waals surface area contributed by atoms with E-state index < -0.39 is 46.6 Å². The van der Waals surface area contributed by atoms with E-state index >= 15 is 0 Å². The minimum atomic E-state index is -4.21. The largest absolute Gasteiger partial charge is 0.463 e. The smallest absolute Gasteiger partial charge is 0.307 e. The van der Waals surface area contributed by atoms with Gasteiger partial charge in [0.1, 0.15) is 12.7 Å². The summed E-state index contributed by atoms with van der Waals surface area (Å²) in [6, 6.07) is 0. The van der Waals surface area contributed by atoms with Crippen molar-refractivity contribution in [3.05, 3.63) is 11.8 Å². The van der Waals surface area contributed by atoms with E-state index in [-0.39, 0.29) is 12.4 Å². The summed E-state index contributed by atoms with van der Waals surface area (Å²) in [6.07, 6.45) is -2.41. The van der Waals surface area contributed by atoms with Gasteiger partial charge in [0, 0.05) is 26.8 Å². The molecule has 1 heterocycles. The van der Waals surface area contributed by atoms with Crippen LogP contribution in [0.15, 0.2) is 11.8 Å². The second-order valence-electron chi connectivity index (χ2n) is 4.76. The molecule has 0 aromatic rings. The van der Waals surface area contributed by atoms with Crippen molar-refractivity contribution < 1.29 is 41.7 Å². The van der Waals surface area contributed by atoms with E-state index in [1.807, 2.05) is 4.72 Å². The van der Waals surface area contributed by atoms with Gasteiger partial charge >= 0.3 is 17.9 Å². The van der Waals surface area contributed by atoms with Gasteiger partial charge in [0.25, 0.3) is 10.2 Å². The second-order valence-corrected chi connectivity index (χ2v) is 6.08. The predicted octanol–water partition coefficient (Wildman–Crippen LogP) is -1.55. The van der Waals surface area contributed by atoms with Crippen molar-refractivity contribution in [1.29, 1.82) is 0 Å². The summed E-state index contributed by atoms with van der Waals surface area (Å²) in [4.78, 5) is 33.3. The molecule has 24 heavy (non-hydrogen) atoms. The highest BCUT2D eigenvalue weighted by Crippen LogP contribution is 2.23. The van der Waals surface area contributed by atoms with E-state index in [4.69, 9.17) is 24.1 Å². The van der Waals surface area contributed by atoms with Crippen molar-refractivity contribution in [3.8, 4) is 0 Å². The van der Waals surface area contributed by atoms with Crippen molar-refractivity contribution in [3.63, 3.8) is 0 Å². The van der Waals surface area contributed by atoms with Gasteiger partial charge in [0.2, 0.25) is 0 Å². The topological polar surface area (TPSA) is 160 Å². The molecule has 0 radical (unpaired) electrons. The van der Waals surface area contributed by atoms with E-state index in [1.165, 1.54) is 6.08 Å². The van der Waals surface area contributed by atoms with E-state index in [1.54, 1.807) is 0 Å². The highest BCUT2D eigenvalue weighted by Gasteiger charge is 2.37. The Morgan fingerprint density at radius 3 is 2.29 bits per heavy atom. The lowest BCUT2D eigenvalue weighted by Gasteiger charge is -2.33. The molecule has 0 saturated carbocycles. The lowest BCUT2D eigenvalue weighted by atomic mass is 10.1. The summed E-state index contributed by atoms with van der Waals surface area (Å²) >= 11 is 0. The molecular weight excluding hydrogens is 348 g/mol. The molecule has 0 fully saturated rings. The van der Waals surface area contributed by atoms with Crippen LogP contribution in [0.3, 0.4) is 0 Å².